The van der Waals surface area contributed by atoms with Gasteiger partial charge in [-0.2, -0.15) is 4.98 Å². The van der Waals surface area contributed by atoms with Gasteiger partial charge in [0.1, 0.15) is 10.6 Å². The summed E-state index contributed by atoms with van der Waals surface area (Å²) in [5.41, 5.74) is 0. The van der Waals surface area contributed by atoms with Gasteiger partial charge in [0, 0.05) is 26.2 Å². The third kappa shape index (κ3) is 3.37. The average molecular weight is 294 g/mol. The highest BCUT2D eigenvalue weighted by Gasteiger charge is 2.14. The lowest BCUT2D eigenvalue weighted by Crippen LogP contribution is -2.26. The van der Waals surface area contributed by atoms with Gasteiger partial charge in [-0.15, -0.1) is 11.3 Å². The lowest BCUT2D eigenvalue weighted by atomic mass is 10.3. The summed E-state index contributed by atoms with van der Waals surface area (Å²) >= 11 is 1.63. The summed E-state index contributed by atoms with van der Waals surface area (Å²) < 4.78 is 0. The van der Waals surface area contributed by atoms with Crippen molar-refractivity contribution in [1.82, 2.24) is 9.97 Å². The first-order chi connectivity index (χ1) is 9.80. The summed E-state index contributed by atoms with van der Waals surface area (Å²) in [6, 6.07) is 2.07. The Balaban J connectivity index is 2.34. The maximum atomic E-state index is 9.03. The number of anilines is 2. The number of rotatable bonds is 8. The number of aliphatic hydroxyl groups is 1. The molecular formula is C14H22N4OS. The Kier molecular flexibility index (Phi) is 5.55. The molecule has 2 heterocycles. The minimum Gasteiger partial charge on any atom is -0.396 e. The number of nitrogens with zero attached hydrogens (tertiary/aromatic N) is 3. The Morgan fingerprint density at radius 3 is 2.90 bits per heavy atom. The van der Waals surface area contributed by atoms with Gasteiger partial charge in [-0.3, -0.25) is 0 Å². The number of thiophene rings is 1. The summed E-state index contributed by atoms with van der Waals surface area (Å²) in [5.74, 6) is 1.66. The molecule has 2 N–H and O–H groups in total. The van der Waals surface area contributed by atoms with Gasteiger partial charge in [0.15, 0.2) is 0 Å². The van der Waals surface area contributed by atoms with Gasteiger partial charge in [-0.05, 0) is 31.2 Å². The number of hydrogen-bond donors (Lipinski definition) is 2. The van der Waals surface area contributed by atoms with Crippen molar-refractivity contribution >= 4 is 33.3 Å². The van der Waals surface area contributed by atoms with E-state index in [4.69, 9.17) is 5.11 Å². The highest BCUT2D eigenvalue weighted by atomic mass is 32.1. The van der Waals surface area contributed by atoms with E-state index >= 15 is 0 Å². The van der Waals surface area contributed by atoms with Crippen LogP contribution in [-0.2, 0) is 0 Å². The third-order valence-corrected chi connectivity index (χ3v) is 3.91. The summed E-state index contributed by atoms with van der Waals surface area (Å²) in [6.07, 6.45) is 1.80. The van der Waals surface area contributed by atoms with E-state index in [0.29, 0.717) is 5.95 Å². The Bertz CT molecular complexity index is 543. The molecule has 0 aliphatic rings. The fraction of sp³-hybridized carbons (Fsp3) is 0.571. The van der Waals surface area contributed by atoms with Crippen molar-refractivity contribution in [3.8, 4) is 0 Å². The number of nitrogens with one attached hydrogen (secondary N) is 1. The molecule has 0 radical (unpaired) electrons. The van der Waals surface area contributed by atoms with Crippen LogP contribution >= 0.6 is 11.3 Å². The van der Waals surface area contributed by atoms with Crippen LogP contribution in [0.4, 0.5) is 11.8 Å². The van der Waals surface area contributed by atoms with E-state index in [1.807, 2.05) is 5.38 Å². The lowest BCUT2D eigenvalue weighted by molar-refractivity contribution is 0.289. The van der Waals surface area contributed by atoms with Gasteiger partial charge < -0.3 is 15.3 Å². The van der Waals surface area contributed by atoms with Crippen LogP contribution in [0.1, 0.15) is 26.7 Å². The van der Waals surface area contributed by atoms with Crippen LogP contribution in [-0.4, -0.2) is 41.3 Å². The van der Waals surface area contributed by atoms with Crippen LogP contribution in [0.15, 0.2) is 11.4 Å². The Morgan fingerprint density at radius 2 is 2.20 bits per heavy atom. The molecule has 0 amide bonds. The van der Waals surface area contributed by atoms with Gasteiger partial charge in [-0.25, -0.2) is 4.98 Å². The van der Waals surface area contributed by atoms with Gasteiger partial charge >= 0.3 is 0 Å². The van der Waals surface area contributed by atoms with Gasteiger partial charge in [0.2, 0.25) is 5.95 Å². The van der Waals surface area contributed by atoms with Crippen molar-refractivity contribution in [2.24, 2.45) is 0 Å². The van der Waals surface area contributed by atoms with Crippen molar-refractivity contribution in [2.75, 3.05) is 36.5 Å². The predicted molar refractivity (Wildman–Crippen MR) is 85.8 cm³/mol. The first kappa shape index (κ1) is 15.0. The summed E-state index contributed by atoms with van der Waals surface area (Å²) in [6.45, 7) is 6.99. The highest BCUT2D eigenvalue weighted by Crippen LogP contribution is 2.29. The molecule has 6 heteroatoms. The molecule has 5 nitrogen and oxygen atoms in total. The molecule has 0 aromatic carbocycles. The molecule has 0 spiro atoms. The van der Waals surface area contributed by atoms with Gasteiger partial charge in [0.05, 0.1) is 5.39 Å². The molecule has 0 bridgehead atoms. The first-order valence-corrected chi connectivity index (χ1v) is 8.03. The SMILES string of the molecule is CCCNc1nc(N(CC)CCCO)c2ccsc2n1. The fourth-order valence-corrected chi connectivity index (χ4v) is 2.83. The third-order valence-electron chi connectivity index (χ3n) is 3.11. The van der Waals surface area contributed by atoms with E-state index in [9.17, 15) is 0 Å². The zero-order chi connectivity index (χ0) is 14.4. The van der Waals surface area contributed by atoms with Crippen molar-refractivity contribution < 1.29 is 5.11 Å². The second-order valence-corrected chi connectivity index (χ2v) is 5.49. The number of hydrogen-bond acceptors (Lipinski definition) is 6. The minimum atomic E-state index is 0.204. The van der Waals surface area contributed by atoms with Crippen LogP contribution in [0, 0.1) is 0 Å². The van der Waals surface area contributed by atoms with Crippen LogP contribution < -0.4 is 10.2 Å². The zero-order valence-electron chi connectivity index (χ0n) is 12.1. The number of aliphatic hydroxyl groups excluding tert-OH is 1. The number of aromatic nitrogens is 2. The van der Waals surface area contributed by atoms with E-state index < -0.39 is 0 Å². The molecule has 0 saturated heterocycles. The topological polar surface area (TPSA) is 61.3 Å². The fourth-order valence-electron chi connectivity index (χ4n) is 2.07. The maximum absolute atomic E-state index is 9.03. The normalized spacial score (nSPS) is 10.9. The molecule has 0 saturated carbocycles. The van der Waals surface area contributed by atoms with E-state index in [1.54, 1.807) is 11.3 Å². The van der Waals surface area contributed by atoms with Crippen molar-refractivity contribution in [3.05, 3.63) is 11.4 Å². The Morgan fingerprint density at radius 1 is 1.35 bits per heavy atom. The molecule has 2 aromatic rings. The van der Waals surface area contributed by atoms with E-state index in [0.717, 1.165) is 48.5 Å². The molecule has 2 aromatic heterocycles. The largest absolute Gasteiger partial charge is 0.396 e. The Labute approximate surface area is 123 Å². The van der Waals surface area contributed by atoms with E-state index in [-0.39, 0.29) is 6.61 Å². The second kappa shape index (κ2) is 7.40. The maximum Gasteiger partial charge on any atom is 0.226 e. The molecular weight excluding hydrogens is 272 g/mol. The van der Waals surface area contributed by atoms with Crippen LogP contribution in [0.2, 0.25) is 0 Å². The standard InChI is InChI=1S/C14H22N4OS/c1-3-7-15-14-16-12(18(4-2)8-5-9-19)11-6-10-20-13(11)17-14/h6,10,19H,3-5,7-9H2,1-2H3,(H,15,16,17). The smallest absolute Gasteiger partial charge is 0.226 e. The first-order valence-electron chi connectivity index (χ1n) is 7.15. The molecule has 0 atom stereocenters. The van der Waals surface area contributed by atoms with E-state index in [2.05, 4.69) is 40.1 Å². The molecule has 2 rings (SSSR count). The van der Waals surface area contributed by atoms with Gasteiger partial charge in [0.25, 0.3) is 0 Å². The molecule has 0 unspecified atom stereocenters. The van der Waals surface area contributed by atoms with Crippen molar-refractivity contribution in [3.63, 3.8) is 0 Å². The molecule has 20 heavy (non-hydrogen) atoms. The monoisotopic (exact) mass is 294 g/mol. The van der Waals surface area contributed by atoms with Crippen molar-refractivity contribution in [2.45, 2.75) is 26.7 Å². The molecule has 0 aliphatic heterocycles. The highest BCUT2D eigenvalue weighted by molar-refractivity contribution is 7.16. The van der Waals surface area contributed by atoms with Crippen molar-refractivity contribution in [1.29, 1.82) is 0 Å². The molecule has 0 aliphatic carbocycles. The predicted octanol–water partition coefficient (Wildman–Crippen LogP) is 2.72. The number of fused-ring (bicyclic) bond motifs is 1. The summed E-state index contributed by atoms with van der Waals surface area (Å²) in [5, 5.41) is 15.4. The summed E-state index contributed by atoms with van der Waals surface area (Å²) in [4.78, 5) is 12.4. The van der Waals surface area contributed by atoms with Gasteiger partial charge in [-0.1, -0.05) is 6.92 Å². The van der Waals surface area contributed by atoms with Crippen LogP contribution in [0.3, 0.4) is 0 Å². The Hall–Kier alpha value is -1.40. The average Bonchev–Trinajstić information content (AvgIpc) is 2.94. The molecule has 0 fully saturated rings. The lowest BCUT2D eigenvalue weighted by Gasteiger charge is -2.22. The second-order valence-electron chi connectivity index (χ2n) is 4.59. The zero-order valence-corrected chi connectivity index (χ0v) is 12.9. The quantitative estimate of drug-likeness (QED) is 0.784. The molecule has 110 valence electrons. The minimum absolute atomic E-state index is 0.204. The summed E-state index contributed by atoms with van der Waals surface area (Å²) in [7, 11) is 0. The van der Waals surface area contributed by atoms with Crippen LogP contribution in [0.5, 0.6) is 0 Å². The van der Waals surface area contributed by atoms with Crippen LogP contribution in [0.25, 0.3) is 10.2 Å². The van der Waals surface area contributed by atoms with E-state index in [1.165, 1.54) is 0 Å².